The Morgan fingerprint density at radius 3 is 2.65 bits per heavy atom. The van der Waals surface area contributed by atoms with Crippen molar-refractivity contribution in [3.05, 3.63) is 26.9 Å². The van der Waals surface area contributed by atoms with Crippen LogP contribution < -0.4 is 10.6 Å². The molecule has 6 nitrogen and oxygen atoms in total. The average Bonchev–Trinajstić information content (AvgIpc) is 2.81. The molecule has 0 aromatic carbocycles. The molecule has 1 aromatic rings. The molecule has 1 rings (SSSR count). The molecule has 0 bridgehead atoms. The molecular weight excluding hydrogens is 348 g/mol. The summed E-state index contributed by atoms with van der Waals surface area (Å²) >= 11 is 4.76. The summed E-state index contributed by atoms with van der Waals surface area (Å²) in [5.41, 5.74) is 0. The van der Waals surface area contributed by atoms with Crippen LogP contribution in [0, 0.1) is 0 Å². The van der Waals surface area contributed by atoms with Crippen LogP contribution >= 0.6 is 27.3 Å². The molecule has 0 spiro atoms. The Bertz CT molecular complexity index is 541. The fourth-order valence-electron chi connectivity index (χ4n) is 1.11. The number of halogens is 1. The van der Waals surface area contributed by atoms with Gasteiger partial charge in [-0.25, -0.2) is 9.59 Å². The number of rotatable bonds is 4. The molecule has 0 aliphatic rings. The van der Waals surface area contributed by atoms with Gasteiger partial charge in [-0.05, 0) is 41.1 Å². The molecule has 20 heavy (non-hydrogen) atoms. The molecule has 0 aliphatic carbocycles. The van der Waals surface area contributed by atoms with Crippen molar-refractivity contribution in [2.75, 3.05) is 7.05 Å². The van der Waals surface area contributed by atoms with Crippen LogP contribution in [0.25, 0.3) is 6.08 Å². The van der Waals surface area contributed by atoms with E-state index in [1.165, 1.54) is 31.4 Å². The standard InChI is InChI=1S/C12H13BrN2O4S/c1-7(11(17)15-12(18)14-2)19-10(16)6-4-8-3-5-9(13)20-8/h3-7H,1-2H3,(H2,14,15,17,18)/b6-4+/t7-/m1/s1. The number of hydrogen-bond acceptors (Lipinski definition) is 5. The number of carbonyl (C=O) groups excluding carboxylic acids is 3. The lowest BCUT2D eigenvalue weighted by molar-refractivity contribution is -0.149. The van der Waals surface area contributed by atoms with Crippen molar-refractivity contribution in [3.8, 4) is 0 Å². The predicted molar refractivity (Wildman–Crippen MR) is 79.2 cm³/mol. The van der Waals surface area contributed by atoms with Crippen LogP contribution in [0.3, 0.4) is 0 Å². The second-order valence-electron chi connectivity index (χ2n) is 3.62. The summed E-state index contributed by atoms with van der Waals surface area (Å²) in [4.78, 5) is 34.7. The number of thiophene rings is 1. The van der Waals surface area contributed by atoms with Crippen molar-refractivity contribution in [2.45, 2.75) is 13.0 Å². The first kappa shape index (κ1) is 16.4. The van der Waals surface area contributed by atoms with Gasteiger partial charge in [0, 0.05) is 18.0 Å². The van der Waals surface area contributed by atoms with Crippen LogP contribution in [-0.2, 0) is 14.3 Å². The summed E-state index contributed by atoms with van der Waals surface area (Å²) in [6.07, 6.45) is 1.75. The maximum absolute atomic E-state index is 11.5. The van der Waals surface area contributed by atoms with Crippen LogP contribution in [0.5, 0.6) is 0 Å². The maximum Gasteiger partial charge on any atom is 0.331 e. The number of carbonyl (C=O) groups is 3. The predicted octanol–water partition coefficient (Wildman–Crippen LogP) is 1.91. The third kappa shape index (κ3) is 5.54. The molecule has 0 unspecified atom stereocenters. The van der Waals surface area contributed by atoms with Gasteiger partial charge in [-0.3, -0.25) is 10.1 Å². The zero-order valence-corrected chi connectivity index (χ0v) is 13.2. The van der Waals surface area contributed by atoms with E-state index in [4.69, 9.17) is 4.74 Å². The Labute approximate surface area is 128 Å². The first-order chi connectivity index (χ1) is 9.42. The van der Waals surface area contributed by atoms with Gasteiger partial charge in [0.05, 0.1) is 3.79 Å². The lowest BCUT2D eigenvalue weighted by Gasteiger charge is -2.10. The van der Waals surface area contributed by atoms with E-state index in [0.717, 1.165) is 8.66 Å². The van der Waals surface area contributed by atoms with Crippen molar-refractivity contribution in [1.29, 1.82) is 0 Å². The Morgan fingerprint density at radius 1 is 1.40 bits per heavy atom. The zero-order chi connectivity index (χ0) is 15.1. The summed E-state index contributed by atoms with van der Waals surface area (Å²) in [6.45, 7) is 1.38. The van der Waals surface area contributed by atoms with Gasteiger partial charge in [-0.15, -0.1) is 11.3 Å². The number of imide groups is 1. The van der Waals surface area contributed by atoms with Gasteiger partial charge in [-0.1, -0.05) is 0 Å². The second kappa shape index (κ2) is 7.81. The highest BCUT2D eigenvalue weighted by atomic mass is 79.9. The normalized spacial score (nSPS) is 11.9. The SMILES string of the molecule is CNC(=O)NC(=O)[C@@H](C)OC(=O)/C=C/c1ccc(Br)s1. The highest BCUT2D eigenvalue weighted by molar-refractivity contribution is 9.11. The fourth-order valence-corrected chi connectivity index (χ4v) is 2.44. The van der Waals surface area contributed by atoms with Gasteiger partial charge in [0.2, 0.25) is 0 Å². The number of esters is 1. The zero-order valence-electron chi connectivity index (χ0n) is 10.8. The third-order valence-electron chi connectivity index (χ3n) is 2.10. The van der Waals surface area contributed by atoms with E-state index in [1.807, 2.05) is 17.4 Å². The number of nitrogens with one attached hydrogen (secondary N) is 2. The minimum atomic E-state index is -1.06. The molecule has 108 valence electrons. The monoisotopic (exact) mass is 360 g/mol. The Hall–Kier alpha value is -1.67. The van der Waals surface area contributed by atoms with E-state index in [1.54, 1.807) is 6.08 Å². The number of amides is 3. The van der Waals surface area contributed by atoms with E-state index in [-0.39, 0.29) is 0 Å². The minimum Gasteiger partial charge on any atom is -0.449 e. The molecule has 0 fully saturated rings. The summed E-state index contributed by atoms with van der Waals surface area (Å²) < 4.78 is 5.81. The van der Waals surface area contributed by atoms with E-state index in [0.29, 0.717) is 0 Å². The van der Waals surface area contributed by atoms with Crippen LogP contribution in [0.2, 0.25) is 0 Å². The summed E-state index contributed by atoms with van der Waals surface area (Å²) in [6, 6.07) is 3.03. The highest BCUT2D eigenvalue weighted by Crippen LogP contribution is 2.22. The number of urea groups is 1. The van der Waals surface area contributed by atoms with Gasteiger partial charge in [0.1, 0.15) is 0 Å². The topological polar surface area (TPSA) is 84.5 Å². The van der Waals surface area contributed by atoms with Crippen molar-refractivity contribution in [2.24, 2.45) is 0 Å². The lowest BCUT2D eigenvalue weighted by atomic mass is 10.3. The van der Waals surface area contributed by atoms with Gasteiger partial charge in [0.15, 0.2) is 6.10 Å². The lowest BCUT2D eigenvalue weighted by Crippen LogP contribution is -2.43. The maximum atomic E-state index is 11.5. The van der Waals surface area contributed by atoms with E-state index in [2.05, 4.69) is 21.2 Å². The second-order valence-corrected chi connectivity index (χ2v) is 6.12. The molecule has 8 heteroatoms. The van der Waals surface area contributed by atoms with Crippen molar-refractivity contribution in [3.63, 3.8) is 0 Å². The first-order valence-corrected chi connectivity index (χ1v) is 7.20. The molecule has 0 aliphatic heterocycles. The molecule has 1 aromatic heterocycles. The summed E-state index contributed by atoms with van der Waals surface area (Å²) in [7, 11) is 1.38. The van der Waals surface area contributed by atoms with E-state index < -0.39 is 24.0 Å². The minimum absolute atomic E-state index is 0.656. The number of ether oxygens (including phenoxy) is 1. The molecular formula is C12H13BrN2O4S. The Morgan fingerprint density at radius 2 is 2.10 bits per heavy atom. The Kier molecular flexibility index (Phi) is 6.40. The summed E-state index contributed by atoms with van der Waals surface area (Å²) in [5.74, 6) is -1.35. The van der Waals surface area contributed by atoms with E-state index in [9.17, 15) is 14.4 Å². The molecule has 3 amide bonds. The third-order valence-corrected chi connectivity index (χ3v) is 3.69. The average molecular weight is 361 g/mol. The molecule has 0 saturated heterocycles. The van der Waals surface area contributed by atoms with Gasteiger partial charge in [-0.2, -0.15) is 0 Å². The van der Waals surface area contributed by atoms with Gasteiger partial charge >= 0.3 is 12.0 Å². The van der Waals surface area contributed by atoms with Crippen LogP contribution in [-0.4, -0.2) is 31.1 Å². The molecule has 1 atom stereocenters. The molecule has 0 saturated carbocycles. The molecule has 2 N–H and O–H groups in total. The molecule has 0 radical (unpaired) electrons. The number of hydrogen-bond donors (Lipinski definition) is 2. The van der Waals surface area contributed by atoms with Gasteiger partial charge < -0.3 is 10.1 Å². The van der Waals surface area contributed by atoms with Crippen molar-refractivity contribution in [1.82, 2.24) is 10.6 Å². The molecule has 1 heterocycles. The van der Waals surface area contributed by atoms with Crippen LogP contribution in [0.1, 0.15) is 11.8 Å². The van der Waals surface area contributed by atoms with E-state index >= 15 is 0 Å². The van der Waals surface area contributed by atoms with Crippen molar-refractivity contribution >= 4 is 51.3 Å². The highest BCUT2D eigenvalue weighted by Gasteiger charge is 2.18. The van der Waals surface area contributed by atoms with Crippen LogP contribution in [0.15, 0.2) is 22.0 Å². The smallest absolute Gasteiger partial charge is 0.331 e. The van der Waals surface area contributed by atoms with Crippen molar-refractivity contribution < 1.29 is 19.1 Å². The first-order valence-electron chi connectivity index (χ1n) is 5.59. The summed E-state index contributed by atoms with van der Waals surface area (Å²) in [5, 5.41) is 4.24. The van der Waals surface area contributed by atoms with Gasteiger partial charge in [0.25, 0.3) is 5.91 Å². The largest absolute Gasteiger partial charge is 0.449 e. The quantitative estimate of drug-likeness (QED) is 0.634. The fraction of sp³-hybridized carbons (Fsp3) is 0.250. The van der Waals surface area contributed by atoms with Crippen LogP contribution in [0.4, 0.5) is 4.79 Å². The Balaban J connectivity index is 2.47.